The third-order valence-electron chi connectivity index (χ3n) is 5.46. The quantitative estimate of drug-likeness (QED) is 0.208. The lowest BCUT2D eigenvalue weighted by atomic mass is 9.99. The van der Waals surface area contributed by atoms with Gasteiger partial charge in [0.25, 0.3) is 0 Å². The van der Waals surface area contributed by atoms with Gasteiger partial charge in [0, 0.05) is 0 Å². The van der Waals surface area contributed by atoms with Gasteiger partial charge in [-0.1, -0.05) is 108 Å². The zero-order valence-electron chi connectivity index (χ0n) is 19.2. The Morgan fingerprint density at radius 1 is 0.806 bits per heavy atom. The van der Waals surface area contributed by atoms with Crippen LogP contribution in [0.4, 0.5) is 0 Å². The Bertz CT molecular complexity index is 761. The van der Waals surface area contributed by atoms with E-state index in [9.17, 15) is 9.46 Å². The van der Waals surface area contributed by atoms with Crippen molar-refractivity contribution in [2.45, 2.75) is 90.6 Å². The predicted octanol–water partition coefficient (Wildman–Crippen LogP) is 8.41. The maximum Gasteiger partial charge on any atom is 0.528 e. The van der Waals surface area contributed by atoms with Crippen LogP contribution in [0.2, 0.25) is 0 Å². The summed E-state index contributed by atoms with van der Waals surface area (Å²) in [5.41, 5.74) is 2.23. The second-order valence-electron chi connectivity index (χ2n) is 8.22. The fourth-order valence-corrected chi connectivity index (χ4v) is 4.65. The molecule has 2 rings (SSSR count). The van der Waals surface area contributed by atoms with Crippen molar-refractivity contribution in [3.05, 3.63) is 65.7 Å². The molecule has 4 nitrogen and oxygen atoms in total. The number of rotatable bonds is 16. The van der Waals surface area contributed by atoms with Crippen molar-refractivity contribution in [2.75, 3.05) is 0 Å². The molecule has 2 unspecified atom stereocenters. The van der Waals surface area contributed by atoms with Gasteiger partial charge in [-0.25, -0.2) is 4.57 Å². The van der Waals surface area contributed by atoms with Crippen molar-refractivity contribution in [3.63, 3.8) is 0 Å². The molecule has 0 saturated heterocycles. The molecular formula is C26H39O4P. The Kier molecular flexibility index (Phi) is 12.0. The molecule has 2 aromatic rings. The van der Waals surface area contributed by atoms with Gasteiger partial charge in [-0.3, -0.25) is 9.42 Å². The molecule has 0 amide bonds. The first-order valence-electron chi connectivity index (χ1n) is 11.9. The van der Waals surface area contributed by atoms with Crippen LogP contribution < -0.4 is 4.52 Å². The van der Waals surface area contributed by atoms with Gasteiger partial charge in [-0.15, -0.1) is 0 Å². The van der Waals surface area contributed by atoms with Crippen LogP contribution >= 0.6 is 7.82 Å². The molecule has 0 spiro atoms. The molecule has 2 aromatic carbocycles. The van der Waals surface area contributed by atoms with Gasteiger partial charge < -0.3 is 4.52 Å². The molecule has 31 heavy (non-hydrogen) atoms. The van der Waals surface area contributed by atoms with Gasteiger partial charge in [0.15, 0.2) is 0 Å². The lowest BCUT2D eigenvalue weighted by molar-refractivity contribution is 0.129. The molecule has 172 valence electrons. The number of hydrogen-bond donors (Lipinski definition) is 1. The third-order valence-corrected chi connectivity index (χ3v) is 6.43. The van der Waals surface area contributed by atoms with Crippen LogP contribution in [0.5, 0.6) is 5.75 Å². The maximum atomic E-state index is 12.6. The van der Waals surface area contributed by atoms with E-state index >= 15 is 0 Å². The van der Waals surface area contributed by atoms with E-state index in [0.717, 1.165) is 31.2 Å². The molecule has 1 N–H and O–H groups in total. The Morgan fingerprint density at radius 2 is 1.42 bits per heavy atom. The smallest absolute Gasteiger partial charge is 0.404 e. The van der Waals surface area contributed by atoms with Crippen LogP contribution in [0.25, 0.3) is 0 Å². The molecule has 0 radical (unpaired) electrons. The van der Waals surface area contributed by atoms with Crippen LogP contribution in [-0.4, -0.2) is 4.89 Å². The van der Waals surface area contributed by atoms with E-state index in [0.29, 0.717) is 12.2 Å². The minimum absolute atomic E-state index is 0.329. The van der Waals surface area contributed by atoms with Crippen LogP contribution in [0, 0.1) is 0 Å². The van der Waals surface area contributed by atoms with Crippen LogP contribution in [0.3, 0.4) is 0 Å². The lowest BCUT2D eigenvalue weighted by Gasteiger charge is -2.22. The van der Waals surface area contributed by atoms with E-state index in [2.05, 4.69) is 26.0 Å². The molecule has 2 atom stereocenters. The first-order chi connectivity index (χ1) is 15.0. The van der Waals surface area contributed by atoms with E-state index in [-0.39, 0.29) is 0 Å². The van der Waals surface area contributed by atoms with Gasteiger partial charge in [-0.2, -0.15) is 0 Å². The number of benzene rings is 2. The van der Waals surface area contributed by atoms with Gasteiger partial charge in [-0.05, 0) is 42.5 Å². The lowest BCUT2D eigenvalue weighted by Crippen LogP contribution is -2.06. The summed E-state index contributed by atoms with van der Waals surface area (Å²) in [5.74, 6) is 0.329. The highest BCUT2D eigenvalue weighted by atomic mass is 31.2. The maximum absolute atomic E-state index is 12.6. The van der Waals surface area contributed by atoms with E-state index in [1.165, 1.54) is 44.1 Å². The average Bonchev–Trinajstić information content (AvgIpc) is 2.76. The minimum Gasteiger partial charge on any atom is -0.404 e. The number of phosphoric acid groups is 1. The van der Waals surface area contributed by atoms with E-state index in [4.69, 9.17) is 9.05 Å². The summed E-state index contributed by atoms with van der Waals surface area (Å²) in [4.78, 5) is 10.3. The number of para-hydroxylation sites is 1. The topological polar surface area (TPSA) is 55.8 Å². The molecule has 0 aliphatic heterocycles. The number of hydrogen-bond acceptors (Lipinski definition) is 3. The summed E-state index contributed by atoms with van der Waals surface area (Å²) >= 11 is 0. The zero-order valence-corrected chi connectivity index (χ0v) is 20.1. The van der Waals surface area contributed by atoms with Crippen molar-refractivity contribution < 1.29 is 18.5 Å². The molecule has 0 heterocycles. The van der Waals surface area contributed by atoms with Gasteiger partial charge in [0.2, 0.25) is 0 Å². The first kappa shape index (κ1) is 25.6. The summed E-state index contributed by atoms with van der Waals surface area (Å²) in [6.07, 6.45) is 12.1. The molecule has 0 bridgehead atoms. The number of unbranched alkanes of at least 4 members (excludes halogenated alkanes) is 7. The second-order valence-corrected chi connectivity index (χ2v) is 9.55. The SMILES string of the molecule is CCCCCCCCc1ccc(C(CCCCC)OP(=O)(O)Oc2ccccc2)cc1. The zero-order chi connectivity index (χ0) is 22.4. The predicted molar refractivity (Wildman–Crippen MR) is 128 cm³/mol. The van der Waals surface area contributed by atoms with Crippen molar-refractivity contribution in [2.24, 2.45) is 0 Å². The van der Waals surface area contributed by atoms with E-state index in [1.807, 2.05) is 18.2 Å². The Hall–Kier alpha value is -1.61. The molecule has 0 fully saturated rings. The second kappa shape index (κ2) is 14.5. The Labute approximate surface area is 188 Å². The van der Waals surface area contributed by atoms with Gasteiger partial charge >= 0.3 is 7.82 Å². The highest BCUT2D eigenvalue weighted by molar-refractivity contribution is 7.47. The molecule has 0 aromatic heterocycles. The molecular weight excluding hydrogens is 407 g/mol. The molecule has 5 heteroatoms. The number of aryl methyl sites for hydroxylation is 1. The fourth-order valence-electron chi connectivity index (χ4n) is 3.67. The highest BCUT2D eigenvalue weighted by Crippen LogP contribution is 2.49. The third kappa shape index (κ3) is 10.5. The number of phosphoric ester groups is 1. The standard InChI is InChI=1S/C26H39O4P/c1-3-5-7-8-9-12-15-23-19-21-24(22-20-23)26(18-11-6-4-2)30-31(27,28)29-25-16-13-10-14-17-25/h10,13-14,16-17,19-22,26H,3-9,11-12,15,18H2,1-2H3,(H,27,28). The largest absolute Gasteiger partial charge is 0.528 e. The molecule has 0 aliphatic carbocycles. The summed E-state index contributed by atoms with van der Waals surface area (Å²) in [5, 5.41) is 0. The molecule has 0 saturated carbocycles. The molecule has 0 aliphatic rings. The average molecular weight is 447 g/mol. The Morgan fingerprint density at radius 3 is 2.10 bits per heavy atom. The van der Waals surface area contributed by atoms with Crippen molar-refractivity contribution in [3.8, 4) is 5.75 Å². The highest BCUT2D eigenvalue weighted by Gasteiger charge is 2.29. The Balaban J connectivity index is 1.96. The minimum atomic E-state index is -4.23. The van der Waals surface area contributed by atoms with Gasteiger partial charge in [0.05, 0.1) is 6.10 Å². The normalized spacial score (nSPS) is 14.2. The van der Waals surface area contributed by atoms with E-state index < -0.39 is 13.9 Å². The van der Waals surface area contributed by atoms with Crippen LogP contribution in [0.15, 0.2) is 54.6 Å². The van der Waals surface area contributed by atoms with Crippen LogP contribution in [0.1, 0.15) is 95.3 Å². The summed E-state index contributed by atoms with van der Waals surface area (Å²) < 4.78 is 23.5. The van der Waals surface area contributed by atoms with Gasteiger partial charge in [0.1, 0.15) is 5.75 Å². The van der Waals surface area contributed by atoms with Crippen molar-refractivity contribution >= 4 is 7.82 Å². The van der Waals surface area contributed by atoms with Crippen molar-refractivity contribution in [1.82, 2.24) is 0 Å². The van der Waals surface area contributed by atoms with E-state index in [1.54, 1.807) is 24.3 Å². The van der Waals surface area contributed by atoms with Crippen molar-refractivity contribution in [1.29, 1.82) is 0 Å². The first-order valence-corrected chi connectivity index (χ1v) is 13.4. The summed E-state index contributed by atoms with van der Waals surface area (Å²) in [7, 11) is -4.23. The fraction of sp³-hybridized carbons (Fsp3) is 0.538. The van der Waals surface area contributed by atoms with Crippen LogP contribution in [-0.2, 0) is 15.5 Å². The monoisotopic (exact) mass is 446 g/mol. The summed E-state index contributed by atoms with van der Waals surface area (Å²) in [6.45, 7) is 4.38. The summed E-state index contributed by atoms with van der Waals surface area (Å²) in [6, 6.07) is 17.0.